The van der Waals surface area contributed by atoms with Gasteiger partial charge in [-0.2, -0.15) is 0 Å². The van der Waals surface area contributed by atoms with Gasteiger partial charge in [0.15, 0.2) is 0 Å². The first-order chi connectivity index (χ1) is 9.39. The Morgan fingerprint density at radius 3 is 2.75 bits per heavy atom. The van der Waals surface area contributed by atoms with E-state index in [1.807, 2.05) is 26.0 Å². The van der Waals surface area contributed by atoms with E-state index in [1.165, 1.54) is 0 Å². The molecule has 20 heavy (non-hydrogen) atoms. The van der Waals surface area contributed by atoms with Crippen LogP contribution in [0, 0.1) is 6.92 Å². The van der Waals surface area contributed by atoms with E-state index in [0.717, 1.165) is 11.3 Å². The van der Waals surface area contributed by atoms with Crippen molar-refractivity contribution in [2.45, 2.75) is 52.2 Å². The lowest BCUT2D eigenvalue weighted by Gasteiger charge is -2.43. The van der Waals surface area contributed by atoms with Crippen LogP contribution in [0.4, 0.5) is 0 Å². The maximum Gasteiger partial charge on any atom is 0.249 e. The lowest BCUT2D eigenvalue weighted by atomic mass is 9.92. The van der Waals surface area contributed by atoms with Gasteiger partial charge < -0.3 is 10.2 Å². The summed E-state index contributed by atoms with van der Waals surface area (Å²) in [7, 11) is 0. The van der Waals surface area contributed by atoms with Crippen molar-refractivity contribution in [3.63, 3.8) is 0 Å². The second-order valence-corrected chi connectivity index (χ2v) is 5.55. The van der Waals surface area contributed by atoms with Crippen LogP contribution in [0.1, 0.15) is 38.4 Å². The molecular weight excluding hydrogens is 254 g/mol. The van der Waals surface area contributed by atoms with Gasteiger partial charge in [0, 0.05) is 6.20 Å². The van der Waals surface area contributed by atoms with E-state index >= 15 is 0 Å². The summed E-state index contributed by atoms with van der Waals surface area (Å²) in [5, 5.41) is 2.82. The summed E-state index contributed by atoms with van der Waals surface area (Å²) in [4.78, 5) is 30.6. The van der Waals surface area contributed by atoms with Crippen LogP contribution in [-0.2, 0) is 16.1 Å². The third-order valence-electron chi connectivity index (χ3n) is 4.12. The Hall–Kier alpha value is -1.91. The molecule has 1 fully saturated rings. The fourth-order valence-electron chi connectivity index (χ4n) is 2.36. The number of carbonyl (C=O) groups is 2. The average molecular weight is 275 g/mol. The molecule has 2 rings (SSSR count). The van der Waals surface area contributed by atoms with Crippen LogP contribution in [0.25, 0.3) is 0 Å². The summed E-state index contributed by atoms with van der Waals surface area (Å²) in [6.07, 6.45) is 2.28. The first-order valence-corrected chi connectivity index (χ1v) is 6.92. The van der Waals surface area contributed by atoms with Gasteiger partial charge in [0.05, 0.1) is 12.2 Å². The zero-order valence-corrected chi connectivity index (χ0v) is 12.4. The number of pyridine rings is 1. The molecule has 0 spiro atoms. The third-order valence-corrected chi connectivity index (χ3v) is 4.12. The van der Waals surface area contributed by atoms with E-state index in [-0.39, 0.29) is 11.8 Å². The Morgan fingerprint density at radius 1 is 1.45 bits per heavy atom. The topological polar surface area (TPSA) is 62.3 Å². The fraction of sp³-hybridized carbons (Fsp3) is 0.533. The van der Waals surface area contributed by atoms with E-state index in [0.29, 0.717) is 13.0 Å². The number of nitrogens with zero attached hydrogens (tertiary/aromatic N) is 2. The Morgan fingerprint density at radius 2 is 2.15 bits per heavy atom. The molecule has 108 valence electrons. The second-order valence-electron chi connectivity index (χ2n) is 5.55. The lowest BCUT2D eigenvalue weighted by molar-refractivity contribution is -0.154. The van der Waals surface area contributed by atoms with Crippen LogP contribution in [0.2, 0.25) is 0 Å². The smallest absolute Gasteiger partial charge is 0.249 e. The minimum absolute atomic E-state index is 0.0443. The van der Waals surface area contributed by atoms with Crippen molar-refractivity contribution < 1.29 is 9.59 Å². The summed E-state index contributed by atoms with van der Waals surface area (Å²) < 4.78 is 0. The highest BCUT2D eigenvalue weighted by Gasteiger charge is 2.45. The van der Waals surface area contributed by atoms with Gasteiger partial charge in [-0.25, -0.2) is 0 Å². The van der Waals surface area contributed by atoms with Gasteiger partial charge >= 0.3 is 0 Å². The molecule has 2 atom stereocenters. The Balaban J connectivity index is 2.31. The molecule has 0 bridgehead atoms. The largest absolute Gasteiger partial charge is 0.340 e. The number of nitrogens with one attached hydrogen (secondary N) is 1. The second kappa shape index (κ2) is 5.23. The highest BCUT2D eigenvalue weighted by molar-refractivity contribution is 5.99. The first-order valence-electron chi connectivity index (χ1n) is 6.92. The van der Waals surface area contributed by atoms with Crippen molar-refractivity contribution in [2.24, 2.45) is 0 Å². The monoisotopic (exact) mass is 275 g/mol. The highest BCUT2D eigenvalue weighted by atomic mass is 16.2. The molecule has 1 aromatic rings. The number of rotatable bonds is 3. The van der Waals surface area contributed by atoms with Crippen molar-refractivity contribution in [3.8, 4) is 0 Å². The molecule has 0 aliphatic carbocycles. The van der Waals surface area contributed by atoms with Gasteiger partial charge in [-0.1, -0.05) is 13.0 Å². The van der Waals surface area contributed by atoms with Crippen LogP contribution in [0.3, 0.4) is 0 Å². The molecule has 1 N–H and O–H groups in total. The van der Waals surface area contributed by atoms with E-state index in [9.17, 15) is 9.59 Å². The van der Waals surface area contributed by atoms with E-state index in [1.54, 1.807) is 24.9 Å². The highest BCUT2D eigenvalue weighted by Crippen LogP contribution is 2.23. The van der Waals surface area contributed by atoms with Crippen LogP contribution in [0.5, 0.6) is 0 Å². The third kappa shape index (κ3) is 2.40. The number of hydrogen-bond donors (Lipinski definition) is 1. The van der Waals surface area contributed by atoms with E-state index < -0.39 is 11.6 Å². The molecule has 2 unspecified atom stereocenters. The fourth-order valence-corrected chi connectivity index (χ4v) is 2.36. The van der Waals surface area contributed by atoms with E-state index in [4.69, 9.17) is 0 Å². The zero-order valence-electron chi connectivity index (χ0n) is 12.4. The normalized spacial score (nSPS) is 26.6. The van der Waals surface area contributed by atoms with Crippen LogP contribution >= 0.6 is 0 Å². The molecule has 1 aromatic heterocycles. The molecule has 5 heteroatoms. The average Bonchev–Trinajstić information content (AvgIpc) is 2.43. The molecule has 5 nitrogen and oxygen atoms in total. The van der Waals surface area contributed by atoms with Gasteiger partial charge in [0.2, 0.25) is 11.8 Å². The number of aryl methyl sites for hydroxylation is 1. The van der Waals surface area contributed by atoms with Crippen LogP contribution < -0.4 is 5.32 Å². The zero-order chi connectivity index (χ0) is 14.9. The van der Waals surface area contributed by atoms with Crippen LogP contribution in [0.15, 0.2) is 18.3 Å². The Kier molecular flexibility index (Phi) is 3.79. The molecule has 1 saturated heterocycles. The van der Waals surface area contributed by atoms with Gasteiger partial charge in [-0.05, 0) is 38.8 Å². The quantitative estimate of drug-likeness (QED) is 0.907. The van der Waals surface area contributed by atoms with Crippen molar-refractivity contribution in [3.05, 3.63) is 29.6 Å². The van der Waals surface area contributed by atoms with Crippen molar-refractivity contribution in [1.29, 1.82) is 0 Å². The van der Waals surface area contributed by atoms with Crippen molar-refractivity contribution >= 4 is 11.8 Å². The number of piperazine rings is 1. The molecule has 0 saturated carbocycles. The summed E-state index contributed by atoms with van der Waals surface area (Å²) in [6, 6.07) is 3.35. The predicted molar refractivity (Wildman–Crippen MR) is 75.8 cm³/mol. The molecule has 1 aliphatic heterocycles. The minimum atomic E-state index is -0.813. The summed E-state index contributed by atoms with van der Waals surface area (Å²) in [6.45, 7) is 7.76. The summed E-state index contributed by atoms with van der Waals surface area (Å²) in [5.41, 5.74) is 1.05. The van der Waals surface area contributed by atoms with Crippen molar-refractivity contribution in [1.82, 2.24) is 15.2 Å². The van der Waals surface area contributed by atoms with Gasteiger partial charge in [0.25, 0.3) is 0 Å². The van der Waals surface area contributed by atoms with Crippen molar-refractivity contribution in [2.75, 3.05) is 0 Å². The molecule has 2 amide bonds. The molecular formula is C15H21N3O2. The van der Waals surface area contributed by atoms with Crippen LogP contribution in [-0.4, -0.2) is 33.3 Å². The summed E-state index contributed by atoms with van der Waals surface area (Å²) >= 11 is 0. The van der Waals surface area contributed by atoms with Gasteiger partial charge in [-0.3, -0.25) is 14.6 Å². The molecule has 0 aromatic carbocycles. The molecule has 1 aliphatic rings. The SMILES string of the molecule is CCC1(C)NC(=O)C(C)N(Cc2ncccc2C)C1=O. The van der Waals surface area contributed by atoms with Gasteiger partial charge in [-0.15, -0.1) is 0 Å². The Bertz CT molecular complexity index is 544. The summed E-state index contributed by atoms with van der Waals surface area (Å²) in [5.74, 6) is -0.153. The van der Waals surface area contributed by atoms with E-state index in [2.05, 4.69) is 10.3 Å². The minimum Gasteiger partial charge on any atom is -0.340 e. The maximum atomic E-state index is 12.6. The molecule has 2 heterocycles. The first kappa shape index (κ1) is 14.5. The number of amides is 2. The predicted octanol–water partition coefficient (Wildman–Crippen LogP) is 1.41. The maximum absolute atomic E-state index is 12.6. The van der Waals surface area contributed by atoms with Gasteiger partial charge in [0.1, 0.15) is 11.6 Å². The number of hydrogen-bond acceptors (Lipinski definition) is 3. The number of aromatic nitrogens is 1. The standard InChI is InChI=1S/C15H21N3O2/c1-5-15(4)14(20)18(11(3)13(19)17-15)9-12-10(2)7-6-8-16-12/h6-8,11H,5,9H2,1-4H3,(H,17,19). The lowest BCUT2D eigenvalue weighted by Crippen LogP contribution is -2.68. The molecule has 0 radical (unpaired) electrons. The Labute approximate surface area is 119 Å². The number of carbonyl (C=O) groups excluding carboxylic acids is 2.